The Morgan fingerprint density at radius 2 is 2.00 bits per heavy atom. The maximum Gasteiger partial charge on any atom is 0.352 e. The summed E-state index contributed by atoms with van der Waals surface area (Å²) in [4.78, 5) is 13.4. The van der Waals surface area contributed by atoms with Crippen LogP contribution in [0.4, 0.5) is 0 Å². The summed E-state index contributed by atoms with van der Waals surface area (Å²) in [6.45, 7) is 4.35. The lowest BCUT2D eigenvalue weighted by molar-refractivity contribution is 0.0690. The number of aromatic nitrogens is 1. The maximum absolute atomic E-state index is 12.2. The molecule has 1 aromatic heterocycles. The SMILES string of the molecule is CC[C@@H](CO)NS(=O)(=O)c1c(C)[nH]c(C(=O)O)c1C. The Kier molecular flexibility index (Phi) is 4.72. The summed E-state index contributed by atoms with van der Waals surface area (Å²) >= 11 is 0. The van der Waals surface area contributed by atoms with Gasteiger partial charge < -0.3 is 15.2 Å². The van der Waals surface area contributed by atoms with Crippen LogP contribution in [0, 0.1) is 13.8 Å². The molecule has 0 aromatic carbocycles. The lowest BCUT2D eigenvalue weighted by Gasteiger charge is -2.14. The van der Waals surface area contributed by atoms with Crippen molar-refractivity contribution in [1.82, 2.24) is 9.71 Å². The van der Waals surface area contributed by atoms with Crippen molar-refractivity contribution in [2.45, 2.75) is 38.1 Å². The Labute approximate surface area is 111 Å². The summed E-state index contributed by atoms with van der Waals surface area (Å²) in [5, 5.41) is 18.0. The molecule has 0 saturated heterocycles. The van der Waals surface area contributed by atoms with Gasteiger partial charge in [0, 0.05) is 17.3 Å². The third-order valence-electron chi connectivity index (χ3n) is 2.89. The molecule has 0 bridgehead atoms. The second-order valence-corrected chi connectivity index (χ2v) is 5.94. The molecule has 4 N–H and O–H groups in total. The molecule has 0 spiro atoms. The van der Waals surface area contributed by atoms with Crippen molar-refractivity contribution in [1.29, 1.82) is 0 Å². The van der Waals surface area contributed by atoms with Crippen LogP contribution in [0.2, 0.25) is 0 Å². The van der Waals surface area contributed by atoms with Crippen LogP contribution < -0.4 is 4.72 Å². The molecule has 0 amide bonds. The average molecular weight is 290 g/mol. The minimum absolute atomic E-state index is 0.0724. The number of nitrogens with one attached hydrogen (secondary N) is 2. The van der Waals surface area contributed by atoms with E-state index in [1.165, 1.54) is 13.8 Å². The first-order valence-electron chi connectivity index (χ1n) is 5.80. The number of sulfonamides is 1. The molecular weight excluding hydrogens is 272 g/mol. The monoisotopic (exact) mass is 290 g/mol. The van der Waals surface area contributed by atoms with E-state index >= 15 is 0 Å². The maximum atomic E-state index is 12.2. The first-order chi connectivity index (χ1) is 8.74. The van der Waals surface area contributed by atoms with Gasteiger partial charge in [0.25, 0.3) is 0 Å². The first kappa shape index (κ1) is 15.7. The van der Waals surface area contributed by atoms with E-state index in [2.05, 4.69) is 9.71 Å². The largest absolute Gasteiger partial charge is 0.477 e. The number of aromatic carboxylic acids is 1. The van der Waals surface area contributed by atoms with Crippen molar-refractivity contribution in [3.63, 3.8) is 0 Å². The Balaban J connectivity index is 3.26. The van der Waals surface area contributed by atoms with E-state index in [4.69, 9.17) is 10.2 Å². The standard InChI is InChI=1S/C11H18N2O5S/c1-4-8(5-14)13-19(17,18)10-6(2)9(11(15)16)12-7(10)3/h8,12-14H,4-5H2,1-3H3,(H,15,16)/t8-/m0/s1. The zero-order valence-corrected chi connectivity index (χ0v) is 11.8. The third-order valence-corrected chi connectivity index (χ3v) is 4.68. The smallest absolute Gasteiger partial charge is 0.352 e. The third kappa shape index (κ3) is 3.14. The number of aliphatic hydroxyl groups excluding tert-OH is 1. The van der Waals surface area contributed by atoms with Gasteiger partial charge >= 0.3 is 5.97 Å². The number of aryl methyl sites for hydroxylation is 1. The second kappa shape index (κ2) is 5.72. The number of carbonyl (C=O) groups is 1. The molecule has 1 atom stereocenters. The highest BCUT2D eigenvalue weighted by Gasteiger charge is 2.27. The predicted octanol–water partition coefficient (Wildman–Crippen LogP) is 0.379. The van der Waals surface area contributed by atoms with Crippen molar-refractivity contribution in [2.24, 2.45) is 0 Å². The average Bonchev–Trinajstić information content (AvgIpc) is 2.62. The summed E-state index contributed by atoms with van der Waals surface area (Å²) in [7, 11) is -3.86. The summed E-state index contributed by atoms with van der Waals surface area (Å²) < 4.78 is 26.8. The first-order valence-corrected chi connectivity index (χ1v) is 7.28. The van der Waals surface area contributed by atoms with Crippen molar-refractivity contribution in [3.05, 3.63) is 17.0 Å². The second-order valence-electron chi connectivity index (χ2n) is 4.29. The van der Waals surface area contributed by atoms with Crippen molar-refractivity contribution < 1.29 is 23.4 Å². The van der Waals surface area contributed by atoms with Crippen LogP contribution in [-0.4, -0.2) is 42.2 Å². The molecule has 0 saturated carbocycles. The normalized spacial score (nSPS) is 13.5. The van der Waals surface area contributed by atoms with Gasteiger partial charge in [-0.25, -0.2) is 17.9 Å². The molecule has 0 fully saturated rings. The van der Waals surface area contributed by atoms with Crippen LogP contribution in [0.25, 0.3) is 0 Å². The van der Waals surface area contributed by atoms with Gasteiger partial charge in [-0.15, -0.1) is 0 Å². The number of aromatic amines is 1. The lowest BCUT2D eigenvalue weighted by atomic mass is 10.2. The van der Waals surface area contributed by atoms with Crippen LogP contribution in [0.5, 0.6) is 0 Å². The van der Waals surface area contributed by atoms with Gasteiger partial charge in [0.15, 0.2) is 0 Å². The van der Waals surface area contributed by atoms with E-state index < -0.39 is 22.0 Å². The van der Waals surface area contributed by atoms with Gasteiger partial charge in [-0.1, -0.05) is 6.92 Å². The number of carboxylic acids is 1. The molecule has 1 rings (SSSR count). The van der Waals surface area contributed by atoms with E-state index in [-0.39, 0.29) is 28.5 Å². The number of H-pyrrole nitrogens is 1. The minimum atomic E-state index is -3.86. The van der Waals surface area contributed by atoms with Gasteiger partial charge in [-0.2, -0.15) is 0 Å². The van der Waals surface area contributed by atoms with Gasteiger partial charge in [-0.3, -0.25) is 0 Å². The van der Waals surface area contributed by atoms with E-state index in [0.717, 1.165) is 0 Å². The van der Waals surface area contributed by atoms with Crippen molar-refractivity contribution >= 4 is 16.0 Å². The van der Waals surface area contributed by atoms with Crippen LogP contribution in [-0.2, 0) is 10.0 Å². The Hall–Kier alpha value is -1.38. The van der Waals surface area contributed by atoms with E-state index in [1.807, 2.05) is 0 Å². The Bertz CT molecular complexity index is 572. The number of rotatable bonds is 6. The van der Waals surface area contributed by atoms with Gasteiger partial charge in [0.1, 0.15) is 10.6 Å². The predicted molar refractivity (Wildman–Crippen MR) is 68.7 cm³/mol. The highest BCUT2D eigenvalue weighted by molar-refractivity contribution is 7.89. The van der Waals surface area contributed by atoms with E-state index in [1.54, 1.807) is 6.92 Å². The zero-order chi connectivity index (χ0) is 14.8. The molecule has 0 unspecified atom stereocenters. The Morgan fingerprint density at radius 3 is 2.37 bits per heavy atom. The molecule has 108 valence electrons. The quantitative estimate of drug-likeness (QED) is 0.604. The molecule has 8 heteroatoms. The topological polar surface area (TPSA) is 119 Å². The highest BCUT2D eigenvalue weighted by Crippen LogP contribution is 2.23. The fourth-order valence-corrected chi connectivity index (χ4v) is 3.63. The molecule has 1 aromatic rings. The molecule has 1 heterocycles. The molecule has 0 aliphatic carbocycles. The Morgan fingerprint density at radius 1 is 1.42 bits per heavy atom. The summed E-state index contributed by atoms with van der Waals surface area (Å²) in [5.41, 5.74) is 0.274. The van der Waals surface area contributed by atoms with Crippen LogP contribution >= 0.6 is 0 Å². The van der Waals surface area contributed by atoms with E-state index in [9.17, 15) is 13.2 Å². The molecule has 0 aliphatic heterocycles. The summed E-state index contributed by atoms with van der Waals surface area (Å²) in [6, 6.07) is -0.591. The van der Waals surface area contributed by atoms with Gasteiger partial charge in [0.2, 0.25) is 10.0 Å². The summed E-state index contributed by atoms with van der Waals surface area (Å²) in [6.07, 6.45) is 0.435. The van der Waals surface area contributed by atoms with Gasteiger partial charge in [-0.05, 0) is 20.3 Å². The summed E-state index contributed by atoms with van der Waals surface area (Å²) in [5.74, 6) is -1.21. The molecule has 0 radical (unpaired) electrons. The number of hydrogen-bond acceptors (Lipinski definition) is 4. The van der Waals surface area contributed by atoms with E-state index in [0.29, 0.717) is 6.42 Å². The number of aliphatic hydroxyl groups is 1. The number of carboxylic acid groups (broad SMARTS) is 1. The molecule has 0 aliphatic rings. The van der Waals surface area contributed by atoms with Crippen molar-refractivity contribution in [3.8, 4) is 0 Å². The molecule has 7 nitrogen and oxygen atoms in total. The fraction of sp³-hybridized carbons (Fsp3) is 0.545. The van der Waals surface area contributed by atoms with Crippen LogP contribution in [0.1, 0.15) is 35.1 Å². The number of hydrogen-bond donors (Lipinski definition) is 4. The fourth-order valence-electron chi connectivity index (χ4n) is 1.88. The van der Waals surface area contributed by atoms with Gasteiger partial charge in [0.05, 0.1) is 6.61 Å². The molecular formula is C11H18N2O5S. The lowest BCUT2D eigenvalue weighted by Crippen LogP contribution is -2.37. The van der Waals surface area contributed by atoms with Crippen LogP contribution in [0.15, 0.2) is 4.90 Å². The van der Waals surface area contributed by atoms with Crippen molar-refractivity contribution in [2.75, 3.05) is 6.61 Å². The highest BCUT2D eigenvalue weighted by atomic mass is 32.2. The molecule has 19 heavy (non-hydrogen) atoms. The zero-order valence-electron chi connectivity index (χ0n) is 11.0. The minimum Gasteiger partial charge on any atom is -0.477 e. The van der Waals surface area contributed by atoms with Crippen LogP contribution in [0.3, 0.4) is 0 Å².